The molecule has 1 aromatic heterocycles. The number of carbonyl (C=O) groups excluding carboxylic acids is 1. The van der Waals surface area contributed by atoms with Gasteiger partial charge in [0.15, 0.2) is 5.78 Å². The number of Topliss-reactive ketones (excluding diaryl/α,β-unsaturated/α-hetero) is 1. The molecule has 0 aliphatic heterocycles. The number of hydrogen-bond acceptors (Lipinski definition) is 4. The first-order valence-corrected chi connectivity index (χ1v) is 7.15. The molecule has 1 heterocycles. The summed E-state index contributed by atoms with van der Waals surface area (Å²) in [6, 6.07) is 3.04. The molecular weight excluding hydrogens is 250 g/mol. The summed E-state index contributed by atoms with van der Waals surface area (Å²) in [5.41, 5.74) is 0.466. The van der Waals surface area contributed by atoms with Gasteiger partial charge in [-0.2, -0.15) is 0 Å². The fraction of sp³-hybridized carbons (Fsp3) is 0.400. The molecule has 0 N–H and O–H groups in total. The number of halogens is 1. The minimum atomic E-state index is -3.00. The van der Waals surface area contributed by atoms with Gasteiger partial charge in [0.05, 0.1) is 5.75 Å². The number of pyridine rings is 1. The van der Waals surface area contributed by atoms with E-state index in [4.69, 9.17) is 11.6 Å². The van der Waals surface area contributed by atoms with Crippen LogP contribution in [-0.4, -0.2) is 31.2 Å². The molecular formula is C10H12ClNO3S. The maximum atomic E-state index is 11.6. The molecule has 0 amide bonds. The molecule has 0 aliphatic rings. The first-order chi connectivity index (χ1) is 7.38. The van der Waals surface area contributed by atoms with Crippen LogP contribution in [0.1, 0.15) is 23.2 Å². The Morgan fingerprint density at radius 2 is 2.19 bits per heavy atom. The average molecular weight is 262 g/mol. The van der Waals surface area contributed by atoms with Gasteiger partial charge in [0, 0.05) is 24.4 Å². The summed E-state index contributed by atoms with van der Waals surface area (Å²) in [6.07, 6.45) is 3.14. The van der Waals surface area contributed by atoms with Crippen LogP contribution in [0.2, 0.25) is 5.15 Å². The second-order valence-electron chi connectivity index (χ2n) is 3.52. The minimum absolute atomic E-state index is 0.0254. The average Bonchev–Trinajstić information content (AvgIpc) is 2.15. The van der Waals surface area contributed by atoms with Crippen molar-refractivity contribution in [2.24, 2.45) is 0 Å². The van der Waals surface area contributed by atoms with E-state index in [-0.39, 0.29) is 23.1 Å². The Hall–Kier alpha value is -0.940. The second-order valence-corrected chi connectivity index (χ2v) is 6.17. The standard InChI is InChI=1S/C10H12ClNO3S/c1-16(14,15)6-2-3-9(13)8-4-5-12-10(11)7-8/h4-5,7H,2-3,6H2,1H3. The summed E-state index contributed by atoms with van der Waals surface area (Å²) in [5, 5.41) is 0.258. The summed E-state index contributed by atoms with van der Waals surface area (Å²) >= 11 is 5.64. The van der Waals surface area contributed by atoms with Gasteiger partial charge in [-0.3, -0.25) is 4.79 Å². The largest absolute Gasteiger partial charge is 0.294 e. The van der Waals surface area contributed by atoms with Gasteiger partial charge in [-0.25, -0.2) is 13.4 Å². The van der Waals surface area contributed by atoms with Crippen molar-refractivity contribution >= 4 is 27.2 Å². The van der Waals surface area contributed by atoms with Gasteiger partial charge in [-0.1, -0.05) is 11.6 Å². The quantitative estimate of drug-likeness (QED) is 0.598. The van der Waals surface area contributed by atoms with Crippen molar-refractivity contribution in [1.82, 2.24) is 4.98 Å². The highest BCUT2D eigenvalue weighted by Gasteiger charge is 2.08. The van der Waals surface area contributed by atoms with Crippen LogP contribution in [0.5, 0.6) is 0 Å². The molecule has 6 heteroatoms. The van der Waals surface area contributed by atoms with Crippen LogP contribution in [-0.2, 0) is 9.84 Å². The van der Waals surface area contributed by atoms with E-state index in [0.29, 0.717) is 12.0 Å². The molecule has 0 saturated heterocycles. The lowest BCUT2D eigenvalue weighted by Gasteiger charge is -2.00. The molecule has 1 rings (SSSR count). The normalized spacial score (nSPS) is 11.4. The first-order valence-electron chi connectivity index (χ1n) is 4.71. The molecule has 0 atom stereocenters. The second kappa shape index (κ2) is 5.41. The number of rotatable bonds is 5. The Kier molecular flexibility index (Phi) is 4.44. The zero-order valence-electron chi connectivity index (χ0n) is 8.81. The van der Waals surface area contributed by atoms with Crippen LogP contribution in [0, 0.1) is 0 Å². The Morgan fingerprint density at radius 1 is 1.50 bits per heavy atom. The van der Waals surface area contributed by atoms with E-state index in [9.17, 15) is 13.2 Å². The fourth-order valence-electron chi connectivity index (χ4n) is 1.22. The summed E-state index contributed by atoms with van der Waals surface area (Å²) in [6.45, 7) is 0. The number of hydrogen-bond donors (Lipinski definition) is 0. The van der Waals surface area contributed by atoms with Gasteiger partial charge in [0.1, 0.15) is 15.0 Å². The molecule has 0 aliphatic carbocycles. The molecule has 4 nitrogen and oxygen atoms in total. The molecule has 0 bridgehead atoms. The van der Waals surface area contributed by atoms with Crippen LogP contribution in [0.3, 0.4) is 0 Å². The van der Waals surface area contributed by atoms with Gasteiger partial charge >= 0.3 is 0 Å². The maximum absolute atomic E-state index is 11.6. The molecule has 0 aromatic carbocycles. The zero-order chi connectivity index (χ0) is 12.2. The van der Waals surface area contributed by atoms with Crippen LogP contribution < -0.4 is 0 Å². The number of ketones is 1. The highest BCUT2D eigenvalue weighted by molar-refractivity contribution is 7.90. The molecule has 0 radical (unpaired) electrons. The molecule has 0 spiro atoms. The SMILES string of the molecule is CS(=O)(=O)CCCC(=O)c1ccnc(Cl)c1. The summed E-state index contributed by atoms with van der Waals surface area (Å²) in [5.74, 6) is -0.0923. The van der Waals surface area contributed by atoms with Crippen LogP contribution in [0.25, 0.3) is 0 Å². The van der Waals surface area contributed by atoms with Crippen molar-refractivity contribution in [3.8, 4) is 0 Å². The fourth-order valence-corrected chi connectivity index (χ4v) is 2.06. The van der Waals surface area contributed by atoms with Crippen molar-refractivity contribution in [2.45, 2.75) is 12.8 Å². The van der Waals surface area contributed by atoms with E-state index in [1.54, 1.807) is 6.07 Å². The van der Waals surface area contributed by atoms with Crippen LogP contribution in [0.15, 0.2) is 18.3 Å². The van der Waals surface area contributed by atoms with Gasteiger partial charge in [-0.15, -0.1) is 0 Å². The van der Waals surface area contributed by atoms with E-state index in [1.807, 2.05) is 0 Å². The monoisotopic (exact) mass is 261 g/mol. The molecule has 16 heavy (non-hydrogen) atoms. The van der Waals surface area contributed by atoms with Crippen molar-refractivity contribution in [3.05, 3.63) is 29.0 Å². The van der Waals surface area contributed by atoms with Gasteiger partial charge in [0.25, 0.3) is 0 Å². The van der Waals surface area contributed by atoms with Crippen molar-refractivity contribution in [2.75, 3.05) is 12.0 Å². The number of sulfone groups is 1. The molecule has 1 aromatic rings. The Balaban J connectivity index is 2.54. The lowest BCUT2D eigenvalue weighted by Crippen LogP contribution is -2.06. The lowest BCUT2D eigenvalue weighted by atomic mass is 10.1. The predicted molar refractivity (Wildman–Crippen MR) is 62.5 cm³/mol. The zero-order valence-corrected chi connectivity index (χ0v) is 10.4. The number of aromatic nitrogens is 1. The third-order valence-corrected chi connectivity index (χ3v) is 3.20. The molecule has 88 valence electrons. The van der Waals surface area contributed by atoms with E-state index in [2.05, 4.69) is 4.98 Å². The van der Waals surface area contributed by atoms with E-state index in [0.717, 1.165) is 6.26 Å². The van der Waals surface area contributed by atoms with Crippen molar-refractivity contribution < 1.29 is 13.2 Å². The Bertz CT molecular complexity index is 485. The van der Waals surface area contributed by atoms with Gasteiger partial charge < -0.3 is 0 Å². The minimum Gasteiger partial charge on any atom is -0.294 e. The van der Waals surface area contributed by atoms with E-state index < -0.39 is 9.84 Å². The third kappa shape index (κ3) is 4.72. The number of carbonyl (C=O) groups is 1. The predicted octanol–water partition coefficient (Wildman–Crippen LogP) is 1.74. The highest BCUT2D eigenvalue weighted by Crippen LogP contribution is 2.10. The maximum Gasteiger partial charge on any atom is 0.163 e. The van der Waals surface area contributed by atoms with Crippen LogP contribution >= 0.6 is 11.6 Å². The summed E-state index contributed by atoms with van der Waals surface area (Å²) in [4.78, 5) is 15.4. The van der Waals surface area contributed by atoms with E-state index >= 15 is 0 Å². The van der Waals surface area contributed by atoms with Crippen LogP contribution in [0.4, 0.5) is 0 Å². The molecule has 0 unspecified atom stereocenters. The highest BCUT2D eigenvalue weighted by atomic mass is 35.5. The van der Waals surface area contributed by atoms with Crippen molar-refractivity contribution in [3.63, 3.8) is 0 Å². The molecule has 0 saturated carbocycles. The Labute approximate surface area is 99.6 Å². The Morgan fingerprint density at radius 3 is 2.75 bits per heavy atom. The van der Waals surface area contributed by atoms with Gasteiger partial charge in [-0.05, 0) is 18.6 Å². The third-order valence-electron chi connectivity index (χ3n) is 1.97. The molecule has 0 fully saturated rings. The summed E-state index contributed by atoms with van der Waals surface area (Å²) < 4.78 is 21.7. The smallest absolute Gasteiger partial charge is 0.163 e. The number of nitrogens with zero attached hydrogens (tertiary/aromatic N) is 1. The summed E-state index contributed by atoms with van der Waals surface area (Å²) in [7, 11) is -3.00. The van der Waals surface area contributed by atoms with Gasteiger partial charge in [0.2, 0.25) is 0 Å². The van der Waals surface area contributed by atoms with Crippen molar-refractivity contribution in [1.29, 1.82) is 0 Å². The first kappa shape index (κ1) is 13.1. The topological polar surface area (TPSA) is 64.1 Å². The lowest BCUT2D eigenvalue weighted by molar-refractivity contribution is 0.0982. The van der Waals surface area contributed by atoms with E-state index in [1.165, 1.54) is 12.3 Å².